The Balaban J connectivity index is 3.40. The molecule has 86 valence electrons. The molecule has 5 heteroatoms. The van der Waals surface area contributed by atoms with Crippen molar-refractivity contribution >= 4 is 10.1 Å². The highest BCUT2D eigenvalue weighted by molar-refractivity contribution is 7.85. The second-order valence-electron chi connectivity index (χ2n) is 3.46. The third kappa shape index (κ3) is 9.95. The standard InChI is InChI=1S/C9H20O4S/c1-3-4-5-6-9(10)7-8-13-14(2,11)12/h9-10H,3-8H2,1-2H3/t9-/m1/s1. The van der Waals surface area contributed by atoms with E-state index in [-0.39, 0.29) is 6.61 Å². The third-order valence-corrected chi connectivity index (χ3v) is 2.48. The summed E-state index contributed by atoms with van der Waals surface area (Å²) in [5, 5.41) is 9.40. The van der Waals surface area contributed by atoms with Gasteiger partial charge in [0.2, 0.25) is 0 Å². The maximum atomic E-state index is 10.6. The summed E-state index contributed by atoms with van der Waals surface area (Å²) in [6.45, 7) is 2.17. The number of hydrogen-bond acceptors (Lipinski definition) is 4. The molecule has 0 aromatic carbocycles. The van der Waals surface area contributed by atoms with Crippen LogP contribution in [-0.4, -0.2) is 32.5 Å². The fraction of sp³-hybridized carbons (Fsp3) is 1.00. The molecule has 0 aromatic rings. The minimum atomic E-state index is -3.36. The van der Waals surface area contributed by atoms with Gasteiger partial charge in [0.25, 0.3) is 10.1 Å². The van der Waals surface area contributed by atoms with Gasteiger partial charge in [-0.2, -0.15) is 8.42 Å². The SMILES string of the molecule is CCCCC[C@@H](O)CCOS(C)(=O)=O. The zero-order valence-electron chi connectivity index (χ0n) is 8.90. The predicted octanol–water partition coefficient (Wildman–Crippen LogP) is 1.29. The van der Waals surface area contributed by atoms with Crippen molar-refractivity contribution in [3.05, 3.63) is 0 Å². The van der Waals surface area contributed by atoms with Crippen LogP contribution in [0.2, 0.25) is 0 Å². The summed E-state index contributed by atoms with van der Waals surface area (Å²) in [6, 6.07) is 0. The van der Waals surface area contributed by atoms with Gasteiger partial charge in [-0.25, -0.2) is 0 Å². The van der Waals surface area contributed by atoms with Crippen LogP contribution in [-0.2, 0) is 14.3 Å². The lowest BCUT2D eigenvalue weighted by Gasteiger charge is -2.09. The molecule has 4 nitrogen and oxygen atoms in total. The van der Waals surface area contributed by atoms with Crippen molar-refractivity contribution < 1.29 is 17.7 Å². The van der Waals surface area contributed by atoms with Gasteiger partial charge in [-0.1, -0.05) is 26.2 Å². The molecule has 0 fully saturated rings. The van der Waals surface area contributed by atoms with Gasteiger partial charge in [0.1, 0.15) is 0 Å². The van der Waals surface area contributed by atoms with Crippen LogP contribution in [0.4, 0.5) is 0 Å². The van der Waals surface area contributed by atoms with Crippen LogP contribution < -0.4 is 0 Å². The van der Waals surface area contributed by atoms with Crippen LogP contribution in [0, 0.1) is 0 Å². The molecule has 1 atom stereocenters. The van der Waals surface area contributed by atoms with Gasteiger partial charge >= 0.3 is 0 Å². The van der Waals surface area contributed by atoms with Crippen LogP contribution in [0.3, 0.4) is 0 Å². The van der Waals surface area contributed by atoms with Crippen molar-refractivity contribution in [1.29, 1.82) is 0 Å². The molecule has 0 unspecified atom stereocenters. The number of rotatable bonds is 8. The van der Waals surface area contributed by atoms with E-state index in [1.165, 1.54) is 0 Å². The first-order valence-electron chi connectivity index (χ1n) is 4.98. The summed E-state index contributed by atoms with van der Waals surface area (Å²) in [7, 11) is -3.36. The molecule has 0 saturated heterocycles. The van der Waals surface area contributed by atoms with Crippen LogP contribution in [0.1, 0.15) is 39.0 Å². The first-order valence-corrected chi connectivity index (χ1v) is 6.80. The molecule has 0 saturated carbocycles. The van der Waals surface area contributed by atoms with Crippen molar-refractivity contribution in [3.8, 4) is 0 Å². The summed E-state index contributed by atoms with van der Waals surface area (Å²) in [5.41, 5.74) is 0. The number of aliphatic hydroxyl groups is 1. The second kappa shape index (κ2) is 7.20. The van der Waals surface area contributed by atoms with E-state index < -0.39 is 16.2 Å². The van der Waals surface area contributed by atoms with Crippen molar-refractivity contribution in [3.63, 3.8) is 0 Å². The normalized spacial score (nSPS) is 14.2. The van der Waals surface area contributed by atoms with E-state index in [2.05, 4.69) is 11.1 Å². The zero-order valence-corrected chi connectivity index (χ0v) is 9.72. The van der Waals surface area contributed by atoms with Crippen molar-refractivity contribution in [2.24, 2.45) is 0 Å². The summed E-state index contributed by atoms with van der Waals surface area (Å²) in [5.74, 6) is 0. The Morgan fingerprint density at radius 1 is 1.29 bits per heavy atom. The van der Waals surface area contributed by atoms with Gasteiger partial charge in [-0.05, 0) is 12.8 Å². The van der Waals surface area contributed by atoms with Crippen LogP contribution >= 0.6 is 0 Å². The van der Waals surface area contributed by atoms with Gasteiger partial charge in [-0.3, -0.25) is 4.18 Å². The van der Waals surface area contributed by atoms with Gasteiger partial charge in [0, 0.05) is 0 Å². The fourth-order valence-electron chi connectivity index (χ4n) is 1.11. The minimum absolute atomic E-state index is 0.0755. The van der Waals surface area contributed by atoms with Crippen LogP contribution in [0.5, 0.6) is 0 Å². The number of hydrogen-bond donors (Lipinski definition) is 1. The molecule has 0 aliphatic heterocycles. The first kappa shape index (κ1) is 13.9. The molecule has 0 rings (SSSR count). The third-order valence-electron chi connectivity index (χ3n) is 1.89. The predicted molar refractivity (Wildman–Crippen MR) is 55.6 cm³/mol. The molecule has 0 bridgehead atoms. The number of aliphatic hydroxyl groups excluding tert-OH is 1. The average Bonchev–Trinajstić information content (AvgIpc) is 2.02. The first-order chi connectivity index (χ1) is 6.45. The van der Waals surface area contributed by atoms with E-state index >= 15 is 0 Å². The lowest BCUT2D eigenvalue weighted by Crippen LogP contribution is -2.12. The summed E-state index contributed by atoms with van der Waals surface area (Å²) in [4.78, 5) is 0. The summed E-state index contributed by atoms with van der Waals surface area (Å²) in [6.07, 6.45) is 4.88. The Morgan fingerprint density at radius 2 is 1.93 bits per heavy atom. The summed E-state index contributed by atoms with van der Waals surface area (Å²) >= 11 is 0. The zero-order chi connectivity index (χ0) is 11.0. The van der Waals surface area contributed by atoms with Crippen LogP contribution in [0.15, 0.2) is 0 Å². The maximum absolute atomic E-state index is 10.6. The van der Waals surface area contributed by atoms with E-state index in [0.717, 1.165) is 31.9 Å². The van der Waals surface area contributed by atoms with E-state index in [1.54, 1.807) is 0 Å². The van der Waals surface area contributed by atoms with E-state index in [1.807, 2.05) is 0 Å². The Kier molecular flexibility index (Phi) is 7.13. The van der Waals surface area contributed by atoms with Gasteiger partial charge < -0.3 is 5.11 Å². The van der Waals surface area contributed by atoms with Gasteiger partial charge in [-0.15, -0.1) is 0 Å². The average molecular weight is 224 g/mol. The lowest BCUT2D eigenvalue weighted by molar-refractivity contribution is 0.130. The Hall–Kier alpha value is -0.130. The topological polar surface area (TPSA) is 63.6 Å². The summed E-state index contributed by atoms with van der Waals surface area (Å²) < 4.78 is 25.7. The molecule has 0 amide bonds. The van der Waals surface area contributed by atoms with Gasteiger partial charge in [0.15, 0.2) is 0 Å². The monoisotopic (exact) mass is 224 g/mol. The van der Waals surface area contributed by atoms with Gasteiger partial charge in [0.05, 0.1) is 19.0 Å². The Labute approximate surface area is 86.4 Å². The smallest absolute Gasteiger partial charge is 0.264 e. The Bertz CT molecular complexity index is 223. The van der Waals surface area contributed by atoms with Crippen molar-refractivity contribution in [2.75, 3.05) is 12.9 Å². The molecule has 0 aliphatic carbocycles. The van der Waals surface area contributed by atoms with E-state index in [9.17, 15) is 13.5 Å². The lowest BCUT2D eigenvalue weighted by atomic mass is 10.1. The molecule has 0 spiro atoms. The van der Waals surface area contributed by atoms with Crippen LogP contribution in [0.25, 0.3) is 0 Å². The molecule has 14 heavy (non-hydrogen) atoms. The second-order valence-corrected chi connectivity index (χ2v) is 5.11. The quantitative estimate of drug-likeness (QED) is 0.498. The molecule has 1 N–H and O–H groups in total. The largest absolute Gasteiger partial charge is 0.393 e. The molecule has 0 aromatic heterocycles. The highest BCUT2D eigenvalue weighted by atomic mass is 32.2. The Morgan fingerprint density at radius 3 is 2.43 bits per heavy atom. The van der Waals surface area contributed by atoms with E-state index in [0.29, 0.717) is 6.42 Å². The molecular formula is C9H20O4S. The minimum Gasteiger partial charge on any atom is -0.393 e. The van der Waals surface area contributed by atoms with E-state index in [4.69, 9.17) is 0 Å². The fourth-order valence-corrected chi connectivity index (χ4v) is 1.51. The molecule has 0 heterocycles. The van der Waals surface area contributed by atoms with Crippen molar-refractivity contribution in [2.45, 2.75) is 45.1 Å². The number of unbranched alkanes of at least 4 members (excludes halogenated alkanes) is 2. The highest BCUT2D eigenvalue weighted by Gasteiger charge is 2.06. The molecule has 0 radical (unpaired) electrons. The molecular weight excluding hydrogens is 204 g/mol. The van der Waals surface area contributed by atoms with Crippen molar-refractivity contribution in [1.82, 2.24) is 0 Å². The molecule has 0 aliphatic rings. The maximum Gasteiger partial charge on any atom is 0.264 e. The highest BCUT2D eigenvalue weighted by Crippen LogP contribution is 2.06.